The minimum absolute atomic E-state index is 0.263. The first kappa shape index (κ1) is 13.7. The van der Waals surface area contributed by atoms with Gasteiger partial charge in [-0.2, -0.15) is 13.2 Å². The molecule has 0 spiro atoms. The maximum Gasteiger partial charge on any atom is 0.416 e. The average Bonchev–Trinajstić information content (AvgIpc) is 2.74. The van der Waals surface area contributed by atoms with Crippen LogP contribution in [0, 0.1) is 0 Å². The number of thiophene rings is 1. The van der Waals surface area contributed by atoms with Crippen molar-refractivity contribution in [3.8, 4) is 0 Å². The fourth-order valence-electron chi connectivity index (χ4n) is 1.76. The molecule has 0 saturated heterocycles. The SMILES string of the molecule is CNc1c(C(=O)OC)sc2ccc(C(F)(F)F)cc12. The van der Waals surface area contributed by atoms with Gasteiger partial charge in [0.2, 0.25) is 0 Å². The van der Waals surface area contributed by atoms with E-state index in [1.807, 2.05) is 0 Å². The van der Waals surface area contributed by atoms with Gasteiger partial charge in [-0.3, -0.25) is 0 Å². The van der Waals surface area contributed by atoms with Crippen LogP contribution in [-0.4, -0.2) is 20.1 Å². The number of carbonyl (C=O) groups is 1. The molecule has 0 aliphatic carbocycles. The van der Waals surface area contributed by atoms with Crippen LogP contribution in [0.3, 0.4) is 0 Å². The fraction of sp³-hybridized carbons (Fsp3) is 0.250. The van der Waals surface area contributed by atoms with Gasteiger partial charge in [0, 0.05) is 17.1 Å². The van der Waals surface area contributed by atoms with E-state index in [0.29, 0.717) is 15.8 Å². The lowest BCUT2D eigenvalue weighted by molar-refractivity contribution is -0.137. The van der Waals surface area contributed by atoms with Gasteiger partial charge in [0.1, 0.15) is 4.88 Å². The number of halogens is 3. The summed E-state index contributed by atoms with van der Waals surface area (Å²) in [5.74, 6) is -0.570. The van der Waals surface area contributed by atoms with Crippen LogP contribution < -0.4 is 5.32 Å². The number of fused-ring (bicyclic) bond motifs is 1. The molecular formula is C12H10F3NO2S. The van der Waals surface area contributed by atoms with Gasteiger partial charge in [-0.15, -0.1) is 11.3 Å². The topological polar surface area (TPSA) is 38.3 Å². The number of carbonyl (C=O) groups excluding carboxylic acids is 1. The second-order valence-electron chi connectivity index (χ2n) is 3.76. The van der Waals surface area contributed by atoms with Crippen LogP contribution in [0.15, 0.2) is 18.2 Å². The van der Waals surface area contributed by atoms with E-state index in [2.05, 4.69) is 10.1 Å². The number of rotatable bonds is 2. The highest BCUT2D eigenvalue weighted by Crippen LogP contribution is 2.39. The Morgan fingerprint density at radius 1 is 1.37 bits per heavy atom. The molecule has 2 rings (SSSR count). The van der Waals surface area contributed by atoms with Gasteiger partial charge in [0.05, 0.1) is 18.4 Å². The average molecular weight is 289 g/mol. The number of ether oxygens (including phenoxy) is 1. The van der Waals surface area contributed by atoms with E-state index in [1.54, 1.807) is 7.05 Å². The number of nitrogens with one attached hydrogen (secondary N) is 1. The van der Waals surface area contributed by atoms with Crippen molar-refractivity contribution in [1.82, 2.24) is 0 Å². The molecule has 102 valence electrons. The summed E-state index contributed by atoms with van der Waals surface area (Å²) in [5, 5.41) is 3.12. The van der Waals surface area contributed by atoms with Gasteiger partial charge >= 0.3 is 12.1 Å². The maximum atomic E-state index is 12.7. The lowest BCUT2D eigenvalue weighted by Gasteiger charge is -2.07. The van der Waals surface area contributed by atoms with Crippen LogP contribution in [0.25, 0.3) is 10.1 Å². The minimum Gasteiger partial charge on any atom is -0.465 e. The number of alkyl halides is 3. The summed E-state index contributed by atoms with van der Waals surface area (Å²) in [6.07, 6.45) is -4.41. The molecule has 0 unspecified atom stereocenters. The van der Waals surface area contributed by atoms with Gasteiger partial charge in [0.15, 0.2) is 0 Å². The molecule has 1 aromatic carbocycles. The van der Waals surface area contributed by atoms with Crippen molar-refractivity contribution in [2.75, 3.05) is 19.5 Å². The van der Waals surface area contributed by atoms with Gasteiger partial charge in [-0.25, -0.2) is 4.79 Å². The van der Waals surface area contributed by atoms with Crippen LogP contribution >= 0.6 is 11.3 Å². The standard InChI is InChI=1S/C12H10F3NO2S/c1-16-9-7-5-6(12(13,14)15)3-4-8(7)19-10(9)11(17)18-2/h3-5,16H,1-2H3. The Balaban J connectivity index is 2.68. The van der Waals surface area contributed by atoms with Crippen molar-refractivity contribution < 1.29 is 22.7 Å². The van der Waals surface area contributed by atoms with Crippen molar-refractivity contribution in [3.05, 3.63) is 28.6 Å². The van der Waals surface area contributed by atoms with Crippen LogP contribution in [0.1, 0.15) is 15.2 Å². The molecule has 0 fully saturated rings. The number of hydrogen-bond donors (Lipinski definition) is 1. The molecule has 19 heavy (non-hydrogen) atoms. The molecule has 0 radical (unpaired) electrons. The van der Waals surface area contributed by atoms with E-state index in [-0.39, 0.29) is 4.88 Å². The van der Waals surface area contributed by atoms with Gasteiger partial charge in [0.25, 0.3) is 0 Å². The molecule has 0 amide bonds. The number of benzene rings is 1. The van der Waals surface area contributed by atoms with E-state index in [1.165, 1.54) is 13.2 Å². The summed E-state index contributed by atoms with van der Waals surface area (Å²) in [6.45, 7) is 0. The van der Waals surface area contributed by atoms with Crippen molar-refractivity contribution in [1.29, 1.82) is 0 Å². The van der Waals surface area contributed by atoms with Gasteiger partial charge in [-0.05, 0) is 18.2 Å². The molecule has 2 aromatic rings. The van der Waals surface area contributed by atoms with Gasteiger partial charge < -0.3 is 10.1 Å². The van der Waals surface area contributed by atoms with Crippen molar-refractivity contribution in [2.24, 2.45) is 0 Å². The Bertz CT molecular complexity index is 634. The third kappa shape index (κ3) is 2.37. The smallest absolute Gasteiger partial charge is 0.416 e. The zero-order chi connectivity index (χ0) is 14.2. The first-order valence-corrected chi connectivity index (χ1v) is 6.10. The van der Waals surface area contributed by atoms with Crippen LogP contribution in [-0.2, 0) is 10.9 Å². The maximum absolute atomic E-state index is 12.7. The predicted octanol–water partition coefficient (Wildman–Crippen LogP) is 3.75. The summed E-state index contributed by atoms with van der Waals surface area (Å²) < 4.78 is 43.2. The fourth-order valence-corrected chi connectivity index (χ4v) is 2.87. The highest BCUT2D eigenvalue weighted by molar-refractivity contribution is 7.21. The largest absolute Gasteiger partial charge is 0.465 e. The number of methoxy groups -OCH3 is 1. The summed E-state index contributed by atoms with van der Waals surface area (Å²) >= 11 is 1.10. The Kier molecular flexibility index (Phi) is 3.40. The molecule has 0 aliphatic rings. The van der Waals surface area contributed by atoms with Crippen molar-refractivity contribution in [3.63, 3.8) is 0 Å². The molecule has 3 nitrogen and oxygen atoms in total. The van der Waals surface area contributed by atoms with Crippen LogP contribution in [0.2, 0.25) is 0 Å². The monoisotopic (exact) mass is 289 g/mol. The summed E-state index contributed by atoms with van der Waals surface area (Å²) in [5.41, 5.74) is -0.385. The second kappa shape index (κ2) is 4.73. The van der Waals surface area contributed by atoms with E-state index >= 15 is 0 Å². The predicted molar refractivity (Wildman–Crippen MR) is 67.7 cm³/mol. The summed E-state index contributed by atoms with van der Waals surface area (Å²) in [4.78, 5) is 11.8. The van der Waals surface area contributed by atoms with Crippen molar-refractivity contribution >= 4 is 33.1 Å². The first-order chi connectivity index (χ1) is 8.88. The molecule has 0 bridgehead atoms. The number of hydrogen-bond acceptors (Lipinski definition) is 4. The van der Waals surface area contributed by atoms with Crippen LogP contribution in [0.4, 0.5) is 18.9 Å². The molecule has 7 heteroatoms. The highest BCUT2D eigenvalue weighted by Gasteiger charge is 2.31. The molecule has 0 saturated carbocycles. The molecule has 1 aromatic heterocycles. The lowest BCUT2D eigenvalue weighted by atomic mass is 10.1. The zero-order valence-corrected chi connectivity index (χ0v) is 10.9. The first-order valence-electron chi connectivity index (χ1n) is 5.28. The minimum atomic E-state index is -4.41. The van der Waals surface area contributed by atoms with E-state index < -0.39 is 17.7 Å². The number of esters is 1. The molecule has 0 aliphatic heterocycles. The zero-order valence-electron chi connectivity index (χ0n) is 10.1. The summed E-state index contributed by atoms with van der Waals surface area (Å²) in [6, 6.07) is 3.39. The normalized spacial score (nSPS) is 11.6. The molecule has 1 N–H and O–H groups in total. The van der Waals surface area contributed by atoms with Gasteiger partial charge in [-0.1, -0.05) is 0 Å². The van der Waals surface area contributed by atoms with E-state index in [4.69, 9.17) is 0 Å². The molecule has 1 heterocycles. The second-order valence-corrected chi connectivity index (χ2v) is 4.81. The highest BCUT2D eigenvalue weighted by atomic mass is 32.1. The van der Waals surface area contributed by atoms with Crippen LogP contribution in [0.5, 0.6) is 0 Å². The Labute approximate surface area is 111 Å². The van der Waals surface area contributed by atoms with Crippen molar-refractivity contribution in [2.45, 2.75) is 6.18 Å². The van der Waals surface area contributed by atoms with E-state index in [0.717, 1.165) is 23.5 Å². The number of anilines is 1. The quantitative estimate of drug-likeness (QED) is 0.856. The summed E-state index contributed by atoms with van der Waals surface area (Å²) in [7, 11) is 2.78. The third-order valence-corrected chi connectivity index (χ3v) is 3.79. The lowest BCUT2D eigenvalue weighted by Crippen LogP contribution is -2.04. The Morgan fingerprint density at radius 2 is 2.05 bits per heavy atom. The molecule has 0 atom stereocenters. The molecular weight excluding hydrogens is 279 g/mol. The third-order valence-electron chi connectivity index (χ3n) is 2.64. The Hall–Kier alpha value is -1.76. The Morgan fingerprint density at radius 3 is 2.58 bits per heavy atom. The van der Waals surface area contributed by atoms with E-state index in [9.17, 15) is 18.0 Å².